The van der Waals surface area contributed by atoms with Gasteiger partial charge in [-0.3, -0.25) is 14.5 Å². The van der Waals surface area contributed by atoms with Crippen LogP contribution in [-0.2, 0) is 21.4 Å². The fourth-order valence-corrected chi connectivity index (χ4v) is 1.86. The maximum atomic E-state index is 11.8. The van der Waals surface area contributed by atoms with Crippen molar-refractivity contribution in [3.63, 3.8) is 0 Å². The Hall–Kier alpha value is -2.12. The summed E-state index contributed by atoms with van der Waals surface area (Å²) in [5, 5.41) is 3.85. The third-order valence-corrected chi connectivity index (χ3v) is 2.66. The second-order valence-corrected chi connectivity index (χ2v) is 3.82. The van der Waals surface area contributed by atoms with E-state index < -0.39 is 11.9 Å². The van der Waals surface area contributed by atoms with E-state index in [2.05, 4.69) is 14.8 Å². The molecule has 1 aromatic rings. The molecule has 0 saturated carbocycles. The van der Waals surface area contributed by atoms with E-state index in [0.29, 0.717) is 5.95 Å². The summed E-state index contributed by atoms with van der Waals surface area (Å²) in [6.45, 7) is 0.248. The number of anilines is 2. The van der Waals surface area contributed by atoms with Crippen molar-refractivity contribution in [3.8, 4) is 0 Å². The lowest BCUT2D eigenvalue weighted by molar-refractivity contribution is -0.145. The maximum Gasteiger partial charge on any atom is 0.311 e. The number of aromatic nitrogens is 3. The summed E-state index contributed by atoms with van der Waals surface area (Å²) < 4.78 is 6.03. The van der Waals surface area contributed by atoms with Crippen LogP contribution in [0.1, 0.15) is 6.42 Å². The molecule has 1 atom stereocenters. The van der Waals surface area contributed by atoms with Crippen LogP contribution in [0.15, 0.2) is 0 Å². The van der Waals surface area contributed by atoms with Gasteiger partial charge in [0.25, 0.3) is 0 Å². The normalized spacial score (nSPS) is 19.8. The number of carbonyl (C=O) groups excluding carboxylic acids is 2. The number of nitrogens with two attached hydrogens (primary N) is 1. The van der Waals surface area contributed by atoms with Gasteiger partial charge in [-0.25, -0.2) is 4.68 Å². The van der Waals surface area contributed by atoms with Crippen LogP contribution in [0.5, 0.6) is 0 Å². The molecule has 17 heavy (non-hydrogen) atoms. The van der Waals surface area contributed by atoms with E-state index in [0.717, 1.165) is 0 Å². The van der Waals surface area contributed by atoms with Crippen LogP contribution in [0.4, 0.5) is 11.9 Å². The highest BCUT2D eigenvalue weighted by Gasteiger charge is 2.37. The number of esters is 1. The second-order valence-electron chi connectivity index (χ2n) is 3.82. The maximum absolute atomic E-state index is 11.8. The summed E-state index contributed by atoms with van der Waals surface area (Å²) in [5.74, 6) is -0.590. The first-order valence-corrected chi connectivity index (χ1v) is 5.07. The third kappa shape index (κ3) is 1.93. The summed E-state index contributed by atoms with van der Waals surface area (Å²) in [6.07, 6.45) is 0.124. The number of nitrogens with zero attached hydrogens (tertiary/aromatic N) is 4. The first-order valence-electron chi connectivity index (χ1n) is 5.07. The van der Waals surface area contributed by atoms with Gasteiger partial charge in [-0.2, -0.15) is 4.98 Å². The summed E-state index contributed by atoms with van der Waals surface area (Å²) in [7, 11) is 2.94. The fraction of sp³-hybridized carbons (Fsp3) is 0.556. The van der Waals surface area contributed by atoms with E-state index in [1.54, 1.807) is 7.05 Å². The molecule has 2 rings (SSSR count). The summed E-state index contributed by atoms with van der Waals surface area (Å²) in [5.41, 5.74) is 5.44. The van der Waals surface area contributed by atoms with Gasteiger partial charge in [-0.05, 0) is 0 Å². The summed E-state index contributed by atoms with van der Waals surface area (Å²) in [6, 6.07) is 0. The van der Waals surface area contributed by atoms with Crippen LogP contribution < -0.4 is 10.6 Å². The molecule has 8 heteroatoms. The Balaban J connectivity index is 2.21. The Morgan fingerprint density at radius 2 is 2.29 bits per heavy atom. The standard InChI is InChI=1S/C9H13N5O3/c1-13-9(11-8(10)12-13)14-4-5(3-6(14)15)7(16)17-2/h5H,3-4H2,1-2H3,(H2,10,12). The molecule has 1 amide bonds. The zero-order valence-corrected chi connectivity index (χ0v) is 9.58. The predicted molar refractivity (Wildman–Crippen MR) is 57.9 cm³/mol. The topological polar surface area (TPSA) is 103 Å². The van der Waals surface area contributed by atoms with E-state index in [1.807, 2.05) is 0 Å². The highest BCUT2D eigenvalue weighted by molar-refractivity contribution is 5.98. The predicted octanol–water partition coefficient (Wildman–Crippen LogP) is -1.08. The summed E-state index contributed by atoms with van der Waals surface area (Å²) in [4.78, 5) is 28.5. The van der Waals surface area contributed by atoms with Gasteiger partial charge in [0.15, 0.2) is 0 Å². The van der Waals surface area contributed by atoms with Crippen LogP contribution in [-0.4, -0.2) is 40.3 Å². The smallest absolute Gasteiger partial charge is 0.311 e. The van der Waals surface area contributed by atoms with Crippen molar-refractivity contribution < 1.29 is 14.3 Å². The molecule has 2 N–H and O–H groups in total. The molecule has 1 aliphatic rings. The number of ether oxygens (including phenoxy) is 1. The van der Waals surface area contributed by atoms with Gasteiger partial charge >= 0.3 is 5.97 Å². The lowest BCUT2D eigenvalue weighted by Crippen LogP contribution is -2.28. The van der Waals surface area contributed by atoms with Gasteiger partial charge < -0.3 is 10.5 Å². The second kappa shape index (κ2) is 4.04. The number of hydrogen-bond donors (Lipinski definition) is 1. The van der Waals surface area contributed by atoms with Crippen molar-refractivity contribution in [3.05, 3.63) is 0 Å². The van der Waals surface area contributed by atoms with Gasteiger partial charge in [0, 0.05) is 20.0 Å². The minimum absolute atomic E-state index is 0.0943. The molecular weight excluding hydrogens is 226 g/mol. The zero-order chi connectivity index (χ0) is 12.6. The first kappa shape index (κ1) is 11.4. The van der Waals surface area contributed by atoms with Gasteiger partial charge in [-0.15, -0.1) is 5.10 Å². The van der Waals surface area contributed by atoms with E-state index in [-0.39, 0.29) is 24.8 Å². The molecule has 1 aliphatic heterocycles. The van der Waals surface area contributed by atoms with Crippen LogP contribution in [0.2, 0.25) is 0 Å². The number of aryl methyl sites for hydroxylation is 1. The molecule has 8 nitrogen and oxygen atoms in total. The average molecular weight is 239 g/mol. The summed E-state index contributed by atoms with van der Waals surface area (Å²) >= 11 is 0. The zero-order valence-electron chi connectivity index (χ0n) is 9.58. The largest absolute Gasteiger partial charge is 0.469 e. The van der Waals surface area contributed by atoms with Crippen LogP contribution in [0, 0.1) is 5.92 Å². The van der Waals surface area contributed by atoms with Gasteiger partial charge in [0.2, 0.25) is 17.8 Å². The monoisotopic (exact) mass is 239 g/mol. The highest BCUT2D eigenvalue weighted by Crippen LogP contribution is 2.24. The average Bonchev–Trinajstić information content (AvgIpc) is 2.80. The van der Waals surface area contributed by atoms with Crippen LogP contribution in [0.3, 0.4) is 0 Å². The van der Waals surface area contributed by atoms with Crippen LogP contribution >= 0.6 is 0 Å². The minimum Gasteiger partial charge on any atom is -0.469 e. The molecule has 92 valence electrons. The van der Waals surface area contributed by atoms with Crippen molar-refractivity contribution in [2.75, 3.05) is 24.3 Å². The van der Waals surface area contributed by atoms with E-state index >= 15 is 0 Å². The van der Waals surface area contributed by atoms with Gasteiger partial charge in [-0.1, -0.05) is 0 Å². The molecule has 0 aliphatic carbocycles. The quantitative estimate of drug-likeness (QED) is 0.658. The molecule has 1 aromatic heterocycles. The van der Waals surface area contributed by atoms with Crippen molar-refractivity contribution in [1.29, 1.82) is 0 Å². The number of hydrogen-bond acceptors (Lipinski definition) is 6. The molecule has 0 radical (unpaired) electrons. The number of amides is 1. The number of rotatable bonds is 2. The fourth-order valence-electron chi connectivity index (χ4n) is 1.86. The molecular formula is C9H13N5O3. The molecule has 2 heterocycles. The molecule has 1 saturated heterocycles. The lowest BCUT2D eigenvalue weighted by atomic mass is 10.1. The van der Waals surface area contributed by atoms with Crippen molar-refractivity contribution in [2.45, 2.75) is 6.42 Å². The van der Waals surface area contributed by atoms with Gasteiger partial charge in [0.05, 0.1) is 13.0 Å². The Morgan fingerprint density at radius 3 is 2.82 bits per heavy atom. The van der Waals surface area contributed by atoms with E-state index in [1.165, 1.54) is 16.7 Å². The van der Waals surface area contributed by atoms with Crippen molar-refractivity contribution in [2.24, 2.45) is 13.0 Å². The molecule has 0 spiro atoms. The SMILES string of the molecule is COC(=O)C1CC(=O)N(c2nc(N)nn2C)C1. The highest BCUT2D eigenvalue weighted by atomic mass is 16.5. The Bertz CT molecular complexity index is 469. The molecule has 0 aromatic carbocycles. The Kier molecular flexibility index (Phi) is 2.70. The molecule has 1 unspecified atom stereocenters. The number of methoxy groups -OCH3 is 1. The molecule has 0 bridgehead atoms. The van der Waals surface area contributed by atoms with E-state index in [9.17, 15) is 9.59 Å². The van der Waals surface area contributed by atoms with Crippen LogP contribution in [0.25, 0.3) is 0 Å². The Morgan fingerprint density at radius 1 is 1.59 bits per heavy atom. The lowest BCUT2D eigenvalue weighted by Gasteiger charge is -2.13. The number of nitrogen functional groups attached to an aromatic ring is 1. The number of carbonyl (C=O) groups is 2. The van der Waals surface area contributed by atoms with Crippen molar-refractivity contribution in [1.82, 2.24) is 14.8 Å². The third-order valence-electron chi connectivity index (χ3n) is 2.66. The first-order chi connectivity index (χ1) is 8.02. The van der Waals surface area contributed by atoms with Crippen molar-refractivity contribution >= 4 is 23.8 Å². The van der Waals surface area contributed by atoms with Gasteiger partial charge in [0.1, 0.15) is 0 Å². The Labute approximate surface area is 97.3 Å². The minimum atomic E-state index is -0.453. The molecule has 1 fully saturated rings. The van der Waals surface area contributed by atoms with E-state index in [4.69, 9.17) is 5.73 Å².